The molecule has 218 valence electrons. The van der Waals surface area contributed by atoms with Gasteiger partial charge in [0.1, 0.15) is 11.8 Å². The number of hydrogen-bond donors (Lipinski definition) is 2. The van der Waals surface area contributed by atoms with Crippen LogP contribution in [0.25, 0.3) is 11.1 Å². The van der Waals surface area contributed by atoms with Gasteiger partial charge >= 0.3 is 5.97 Å². The van der Waals surface area contributed by atoms with Crippen molar-refractivity contribution in [1.29, 1.82) is 0 Å². The zero-order chi connectivity index (χ0) is 29.9. The summed E-state index contributed by atoms with van der Waals surface area (Å²) in [5.41, 5.74) is 1.36. The SMILES string of the molecule is COc1ccc(F)c(OC)c1-c1ccc([C@@H](CC(=O)O)NC(=O)[C@@H]2CCCN2S(=O)(=O)c2cc(Cl)cc(Cl)c2)cc1. The molecule has 2 N–H and O–H groups in total. The number of nitrogens with zero attached hydrogens (tertiary/aromatic N) is 1. The van der Waals surface area contributed by atoms with Crippen LogP contribution in [-0.4, -0.2) is 56.5 Å². The van der Waals surface area contributed by atoms with E-state index in [1.54, 1.807) is 24.3 Å². The summed E-state index contributed by atoms with van der Waals surface area (Å²) in [7, 11) is -1.35. The molecule has 1 amide bonds. The molecule has 1 saturated heterocycles. The number of rotatable bonds is 10. The maximum absolute atomic E-state index is 14.4. The van der Waals surface area contributed by atoms with E-state index in [9.17, 15) is 27.5 Å². The zero-order valence-electron chi connectivity index (χ0n) is 22.1. The third-order valence-electron chi connectivity index (χ3n) is 6.74. The first-order chi connectivity index (χ1) is 19.5. The molecule has 3 aromatic carbocycles. The molecular weight excluding hydrogens is 598 g/mol. The van der Waals surface area contributed by atoms with E-state index in [1.807, 2.05) is 0 Å². The van der Waals surface area contributed by atoms with Gasteiger partial charge in [-0.25, -0.2) is 12.8 Å². The molecule has 0 bridgehead atoms. The van der Waals surface area contributed by atoms with Gasteiger partial charge in [0, 0.05) is 16.6 Å². The van der Waals surface area contributed by atoms with Gasteiger partial charge in [0.25, 0.3) is 0 Å². The monoisotopic (exact) mass is 624 g/mol. The topological polar surface area (TPSA) is 122 Å². The lowest BCUT2D eigenvalue weighted by Gasteiger charge is -2.26. The standard InChI is InChI=1S/C28H27Cl2FN2O7S/c1-39-24-10-9-21(31)27(40-2)26(24)17-7-5-16(6-8-17)22(15-25(34)35)32-28(36)23-4-3-11-33(23)41(37,38)20-13-18(29)12-19(30)14-20/h5-10,12-14,22-23H,3-4,11,15H2,1-2H3,(H,32,36)(H,34,35)/t22-,23+/m1/s1. The lowest BCUT2D eigenvalue weighted by Crippen LogP contribution is -2.47. The molecule has 41 heavy (non-hydrogen) atoms. The van der Waals surface area contributed by atoms with Gasteiger partial charge < -0.3 is 19.9 Å². The zero-order valence-corrected chi connectivity index (χ0v) is 24.4. The van der Waals surface area contributed by atoms with E-state index >= 15 is 0 Å². The fourth-order valence-corrected chi connectivity index (χ4v) is 7.25. The Balaban J connectivity index is 1.61. The first-order valence-electron chi connectivity index (χ1n) is 12.5. The van der Waals surface area contributed by atoms with Crippen molar-refractivity contribution in [2.45, 2.75) is 36.2 Å². The predicted molar refractivity (Wildman–Crippen MR) is 151 cm³/mol. The quantitative estimate of drug-likeness (QED) is 0.314. The number of amides is 1. The highest BCUT2D eigenvalue weighted by Gasteiger charge is 2.40. The smallest absolute Gasteiger partial charge is 0.305 e. The molecule has 1 heterocycles. The Kier molecular flexibility index (Phi) is 9.43. The van der Waals surface area contributed by atoms with Gasteiger partial charge in [0.05, 0.1) is 37.1 Å². The van der Waals surface area contributed by atoms with Crippen LogP contribution in [0.1, 0.15) is 30.9 Å². The molecule has 0 spiro atoms. The van der Waals surface area contributed by atoms with Crippen molar-refractivity contribution in [2.75, 3.05) is 20.8 Å². The van der Waals surface area contributed by atoms with Crippen molar-refractivity contribution in [1.82, 2.24) is 9.62 Å². The molecule has 0 aromatic heterocycles. The number of ether oxygens (including phenoxy) is 2. The summed E-state index contributed by atoms with van der Waals surface area (Å²) in [6.45, 7) is 0.0974. The minimum Gasteiger partial charge on any atom is -0.496 e. The van der Waals surface area contributed by atoms with E-state index in [4.69, 9.17) is 32.7 Å². The van der Waals surface area contributed by atoms with E-state index in [-0.39, 0.29) is 33.7 Å². The second-order valence-corrected chi connectivity index (χ2v) is 12.1. The molecule has 4 rings (SSSR count). The Morgan fingerprint density at radius 1 is 1.07 bits per heavy atom. The Morgan fingerprint density at radius 3 is 2.32 bits per heavy atom. The van der Waals surface area contributed by atoms with Crippen LogP contribution in [-0.2, 0) is 19.6 Å². The van der Waals surface area contributed by atoms with Gasteiger partial charge in [-0.05, 0) is 54.3 Å². The van der Waals surface area contributed by atoms with Crippen LogP contribution >= 0.6 is 23.2 Å². The van der Waals surface area contributed by atoms with Crippen LogP contribution in [0.15, 0.2) is 59.5 Å². The van der Waals surface area contributed by atoms with Crippen LogP contribution in [0.5, 0.6) is 11.5 Å². The minimum atomic E-state index is -4.12. The van der Waals surface area contributed by atoms with Crippen LogP contribution in [0.2, 0.25) is 10.0 Å². The van der Waals surface area contributed by atoms with E-state index < -0.39 is 46.2 Å². The number of carboxylic acid groups (broad SMARTS) is 1. The summed E-state index contributed by atoms with van der Waals surface area (Å²) in [4.78, 5) is 24.9. The van der Waals surface area contributed by atoms with Gasteiger partial charge in [0.2, 0.25) is 15.9 Å². The van der Waals surface area contributed by atoms with E-state index in [1.165, 1.54) is 44.6 Å². The summed E-state index contributed by atoms with van der Waals surface area (Å²) in [6.07, 6.45) is 0.222. The predicted octanol–water partition coefficient (Wildman–Crippen LogP) is 5.30. The molecule has 0 unspecified atom stereocenters. The Hall–Kier alpha value is -3.38. The number of benzene rings is 3. The molecule has 0 saturated carbocycles. The first-order valence-corrected chi connectivity index (χ1v) is 14.7. The third-order valence-corrected chi connectivity index (χ3v) is 9.06. The number of carbonyl (C=O) groups is 2. The van der Waals surface area contributed by atoms with Gasteiger partial charge in [-0.1, -0.05) is 47.5 Å². The largest absolute Gasteiger partial charge is 0.496 e. The summed E-state index contributed by atoms with van der Waals surface area (Å²) < 4.78 is 52.8. The average molecular weight is 626 g/mol. The van der Waals surface area contributed by atoms with Crippen molar-refractivity contribution in [3.8, 4) is 22.6 Å². The normalized spacial score (nSPS) is 16.3. The molecule has 1 fully saturated rings. The van der Waals surface area contributed by atoms with Gasteiger partial charge in [-0.2, -0.15) is 4.31 Å². The van der Waals surface area contributed by atoms with E-state index in [0.717, 1.165) is 4.31 Å². The highest BCUT2D eigenvalue weighted by atomic mass is 35.5. The van der Waals surface area contributed by atoms with Gasteiger partial charge in [-0.15, -0.1) is 0 Å². The molecule has 13 heteroatoms. The number of methoxy groups -OCH3 is 2. The maximum Gasteiger partial charge on any atom is 0.305 e. The van der Waals surface area contributed by atoms with Crippen LogP contribution in [0.3, 0.4) is 0 Å². The van der Waals surface area contributed by atoms with Crippen molar-refractivity contribution < 1.29 is 37.0 Å². The van der Waals surface area contributed by atoms with Crippen LogP contribution in [0.4, 0.5) is 4.39 Å². The van der Waals surface area contributed by atoms with Crippen LogP contribution in [0, 0.1) is 5.82 Å². The molecule has 0 radical (unpaired) electrons. The number of halogens is 3. The fraction of sp³-hybridized carbons (Fsp3) is 0.286. The highest BCUT2D eigenvalue weighted by Crippen LogP contribution is 2.40. The number of aliphatic carboxylic acids is 1. The summed E-state index contributed by atoms with van der Waals surface area (Å²) >= 11 is 12.0. The number of nitrogens with one attached hydrogen (secondary N) is 1. The van der Waals surface area contributed by atoms with Crippen molar-refractivity contribution >= 4 is 45.1 Å². The summed E-state index contributed by atoms with van der Waals surface area (Å²) in [5, 5.41) is 12.5. The van der Waals surface area contributed by atoms with Crippen molar-refractivity contribution in [3.63, 3.8) is 0 Å². The molecular formula is C28H27Cl2FN2O7S. The van der Waals surface area contributed by atoms with Crippen molar-refractivity contribution in [2.24, 2.45) is 0 Å². The number of carboxylic acids is 1. The second kappa shape index (κ2) is 12.6. The number of hydrogen-bond acceptors (Lipinski definition) is 6. The number of sulfonamides is 1. The molecule has 1 aliphatic heterocycles. The number of carbonyl (C=O) groups excluding carboxylic acids is 1. The minimum absolute atomic E-state index is 0.0176. The van der Waals surface area contributed by atoms with Gasteiger partial charge in [0.15, 0.2) is 11.6 Å². The summed E-state index contributed by atoms with van der Waals surface area (Å²) in [5.74, 6) is -2.04. The van der Waals surface area contributed by atoms with Gasteiger partial charge in [-0.3, -0.25) is 9.59 Å². The Morgan fingerprint density at radius 2 is 1.73 bits per heavy atom. The first kappa shape index (κ1) is 30.6. The molecule has 1 aliphatic rings. The molecule has 0 aliphatic carbocycles. The second-order valence-electron chi connectivity index (χ2n) is 9.32. The van der Waals surface area contributed by atoms with Crippen molar-refractivity contribution in [3.05, 3.63) is 76.0 Å². The average Bonchev–Trinajstić information content (AvgIpc) is 3.43. The molecule has 3 aromatic rings. The van der Waals surface area contributed by atoms with Crippen LogP contribution < -0.4 is 14.8 Å². The third kappa shape index (κ3) is 6.59. The Bertz CT molecular complexity index is 1550. The highest BCUT2D eigenvalue weighted by molar-refractivity contribution is 7.89. The fourth-order valence-electron chi connectivity index (χ4n) is 4.86. The van der Waals surface area contributed by atoms with E-state index in [0.29, 0.717) is 28.9 Å². The molecule has 2 atom stereocenters. The lowest BCUT2D eigenvalue weighted by molar-refractivity contribution is -0.137. The molecule has 9 nitrogen and oxygen atoms in total. The maximum atomic E-state index is 14.4. The lowest BCUT2D eigenvalue weighted by atomic mass is 9.97. The summed E-state index contributed by atoms with van der Waals surface area (Å²) in [6, 6.07) is 11.0. The Labute approximate surface area is 246 Å². The van der Waals surface area contributed by atoms with E-state index in [2.05, 4.69) is 5.32 Å².